The summed E-state index contributed by atoms with van der Waals surface area (Å²) >= 11 is 1.88. The van der Waals surface area contributed by atoms with Crippen molar-refractivity contribution in [1.29, 1.82) is 0 Å². The second-order valence-corrected chi connectivity index (χ2v) is 14.0. The summed E-state index contributed by atoms with van der Waals surface area (Å²) in [5.74, 6) is -1.68. The van der Waals surface area contributed by atoms with Gasteiger partial charge in [0.15, 0.2) is 0 Å². The Morgan fingerprint density at radius 1 is 1.12 bits per heavy atom. The van der Waals surface area contributed by atoms with Crippen LogP contribution in [0.5, 0.6) is 0 Å². The number of allylic oxidation sites excluding steroid dienone is 4. The maximum absolute atomic E-state index is 12.7. The normalized spacial score (nSPS) is 19.9. The van der Waals surface area contributed by atoms with Gasteiger partial charge in [0, 0.05) is 36.0 Å². The number of rotatable bonds is 19. The zero-order valence-electron chi connectivity index (χ0n) is 30.7. The number of likely N-dealkylation sites (N-methyl/N-ethyl adjacent to an activating group) is 2. The van der Waals surface area contributed by atoms with Crippen molar-refractivity contribution >= 4 is 36.1 Å². The molecule has 0 bridgehead atoms. The van der Waals surface area contributed by atoms with Crippen LogP contribution in [-0.2, 0) is 19.2 Å². The van der Waals surface area contributed by atoms with E-state index in [0.717, 1.165) is 44.6 Å². The number of hydrogen-bond donors (Lipinski definition) is 4. The number of aliphatic carboxylic acids is 1. The van der Waals surface area contributed by atoms with Gasteiger partial charge in [0.2, 0.25) is 18.2 Å². The lowest BCUT2D eigenvalue weighted by Gasteiger charge is -2.35. The maximum atomic E-state index is 12.7. The third kappa shape index (κ3) is 15.7. The van der Waals surface area contributed by atoms with Gasteiger partial charge < -0.3 is 26.0 Å². The largest absolute Gasteiger partial charge is 0.480 e. The van der Waals surface area contributed by atoms with E-state index in [2.05, 4.69) is 59.5 Å². The number of likely N-dealkylation sites (tertiary alicyclic amines) is 1. The van der Waals surface area contributed by atoms with Crippen LogP contribution in [0.1, 0.15) is 105 Å². The van der Waals surface area contributed by atoms with E-state index in [1.165, 1.54) is 37.0 Å². The van der Waals surface area contributed by atoms with Gasteiger partial charge in [-0.15, -0.1) is 0 Å². The van der Waals surface area contributed by atoms with Crippen LogP contribution in [0.25, 0.3) is 0 Å². The monoisotopic (exact) mass is 691 g/mol. The molecule has 1 saturated carbocycles. The highest BCUT2D eigenvalue weighted by Crippen LogP contribution is 2.32. The van der Waals surface area contributed by atoms with Gasteiger partial charge in [-0.25, -0.2) is 9.10 Å². The predicted molar refractivity (Wildman–Crippen MR) is 198 cm³/mol. The molecule has 0 aromatic heterocycles. The van der Waals surface area contributed by atoms with E-state index < -0.39 is 17.9 Å². The second kappa shape index (κ2) is 25.4. The molecule has 1 aliphatic heterocycles. The molecular weight excluding hydrogens is 627 g/mol. The molecule has 3 amide bonds. The number of carboxylic acids is 1. The topological polar surface area (TPSA) is 131 Å². The fourth-order valence-electron chi connectivity index (χ4n) is 6.13. The second-order valence-electron chi connectivity index (χ2n) is 12.8. The third-order valence-corrected chi connectivity index (χ3v) is 10.2. The Balaban J connectivity index is 0.000000511. The van der Waals surface area contributed by atoms with Crippen molar-refractivity contribution in [2.24, 2.45) is 17.8 Å². The summed E-state index contributed by atoms with van der Waals surface area (Å²) in [7, 11) is 4.30. The predicted octanol–water partition coefficient (Wildman–Crippen LogP) is 5.92. The van der Waals surface area contributed by atoms with Crippen LogP contribution in [0.15, 0.2) is 35.3 Å². The van der Waals surface area contributed by atoms with Gasteiger partial charge in [-0.05, 0) is 83.3 Å². The van der Waals surface area contributed by atoms with Gasteiger partial charge in [-0.3, -0.25) is 14.4 Å². The summed E-state index contributed by atoms with van der Waals surface area (Å²) in [4.78, 5) is 50.1. The maximum Gasteiger partial charge on any atom is 0.326 e. The van der Waals surface area contributed by atoms with Gasteiger partial charge in [-0.1, -0.05) is 84.3 Å². The average molecular weight is 692 g/mol. The van der Waals surface area contributed by atoms with Gasteiger partial charge in [0.05, 0.1) is 12.5 Å². The molecule has 2 aliphatic carbocycles. The summed E-state index contributed by atoms with van der Waals surface area (Å²) < 4.78 is 2.38. The van der Waals surface area contributed by atoms with Gasteiger partial charge in [0.1, 0.15) is 6.04 Å². The molecule has 2 fully saturated rings. The van der Waals surface area contributed by atoms with E-state index in [9.17, 15) is 24.3 Å². The first-order valence-corrected chi connectivity index (χ1v) is 19.0. The minimum atomic E-state index is -1.08. The fourth-order valence-corrected chi connectivity index (χ4v) is 7.08. The van der Waals surface area contributed by atoms with Gasteiger partial charge >= 0.3 is 5.97 Å². The molecule has 0 spiro atoms. The van der Waals surface area contributed by atoms with Crippen molar-refractivity contribution in [3.63, 3.8) is 0 Å². The Morgan fingerprint density at radius 3 is 2.42 bits per heavy atom. The molecule has 11 heteroatoms. The average Bonchev–Trinajstić information content (AvgIpc) is 3.56. The zero-order chi connectivity index (χ0) is 35.9. The highest BCUT2D eigenvalue weighted by Gasteiger charge is 2.37. The molecule has 10 nitrogen and oxygen atoms in total. The van der Waals surface area contributed by atoms with Crippen LogP contribution in [0.4, 0.5) is 0 Å². The molecule has 4 N–H and O–H groups in total. The van der Waals surface area contributed by atoms with Crippen molar-refractivity contribution in [3.8, 4) is 0 Å². The molecule has 274 valence electrons. The number of nitrogens with one attached hydrogen (secondary N) is 3. The van der Waals surface area contributed by atoms with Crippen LogP contribution in [0, 0.1) is 17.8 Å². The van der Waals surface area contributed by atoms with Crippen LogP contribution >= 0.6 is 11.9 Å². The van der Waals surface area contributed by atoms with Gasteiger partial charge in [0.25, 0.3) is 0 Å². The summed E-state index contributed by atoms with van der Waals surface area (Å²) in [6.45, 7) is 11.2. The number of carbonyl (C=O) groups is 4. The minimum Gasteiger partial charge on any atom is -0.480 e. The van der Waals surface area contributed by atoms with Crippen LogP contribution in [-0.4, -0.2) is 90.4 Å². The molecule has 3 aliphatic rings. The Hall–Kier alpha value is -2.63. The summed E-state index contributed by atoms with van der Waals surface area (Å²) in [6, 6.07) is -0.658. The SMILES string of the molecule is CC.CCCCC/C=C\C(C)C(NC(=O)C(C)C1CCCN1C(=O)CNC=O)C(=O)O.CNC(CN(C)SC1=CCCC=C1)C1CCC1. The number of hydrogen-bond acceptors (Lipinski definition) is 7. The quantitative estimate of drug-likeness (QED) is 0.0569. The van der Waals surface area contributed by atoms with Crippen molar-refractivity contribution in [3.05, 3.63) is 35.3 Å². The van der Waals surface area contributed by atoms with E-state index in [0.29, 0.717) is 25.4 Å². The Kier molecular flexibility index (Phi) is 22.9. The fraction of sp³-hybridized carbons (Fsp3) is 0.730. The first-order valence-electron chi connectivity index (χ1n) is 18.2. The third-order valence-electron chi connectivity index (χ3n) is 9.22. The molecule has 0 aromatic rings. The lowest BCUT2D eigenvalue weighted by Crippen LogP contribution is -2.51. The number of amides is 3. The first kappa shape index (κ1) is 43.4. The van der Waals surface area contributed by atoms with Crippen molar-refractivity contribution in [2.45, 2.75) is 123 Å². The molecule has 5 atom stereocenters. The molecule has 0 radical (unpaired) electrons. The Morgan fingerprint density at radius 2 is 1.85 bits per heavy atom. The van der Waals surface area contributed by atoms with E-state index >= 15 is 0 Å². The van der Waals surface area contributed by atoms with Crippen molar-refractivity contribution in [1.82, 2.24) is 25.2 Å². The van der Waals surface area contributed by atoms with E-state index in [1.54, 1.807) is 18.7 Å². The molecule has 3 rings (SSSR count). The lowest BCUT2D eigenvalue weighted by atomic mass is 9.80. The lowest BCUT2D eigenvalue weighted by molar-refractivity contribution is -0.144. The van der Waals surface area contributed by atoms with E-state index in [1.807, 2.05) is 37.9 Å². The molecule has 48 heavy (non-hydrogen) atoms. The number of carbonyl (C=O) groups excluding carboxylic acids is 3. The van der Waals surface area contributed by atoms with Crippen molar-refractivity contribution < 1.29 is 24.3 Å². The minimum absolute atomic E-state index is 0.105. The van der Waals surface area contributed by atoms with E-state index in [4.69, 9.17) is 0 Å². The van der Waals surface area contributed by atoms with Crippen LogP contribution in [0.2, 0.25) is 0 Å². The highest BCUT2D eigenvalue weighted by atomic mass is 32.2. The number of carboxylic acid groups (broad SMARTS) is 1. The van der Waals surface area contributed by atoms with Crippen LogP contribution in [0.3, 0.4) is 0 Å². The molecule has 1 saturated heterocycles. The van der Waals surface area contributed by atoms with Crippen LogP contribution < -0.4 is 16.0 Å². The number of nitrogens with zero attached hydrogens (tertiary/aromatic N) is 2. The summed E-state index contributed by atoms with van der Waals surface area (Å²) in [5.41, 5.74) is 0. The summed E-state index contributed by atoms with van der Waals surface area (Å²) in [6.07, 6.45) is 23.5. The molecule has 0 aromatic carbocycles. The van der Waals surface area contributed by atoms with Gasteiger partial charge in [-0.2, -0.15) is 0 Å². The van der Waals surface area contributed by atoms with Crippen molar-refractivity contribution in [2.75, 3.05) is 33.7 Å². The molecular formula is C37H65N5O5S. The standard InChI is InChI=1S/C21H35N3O5.C14H24N2S.C2H6/c1-4-5-6-7-8-10-15(2)19(21(28)29)23-20(27)16(3)17-11-9-12-24(17)18(26)13-22-14-25;1-15-14(12-7-6-8-12)11-16(2)17-13-9-4-3-5-10-13;1-2/h8,10,14-17,19H,4-7,9,11-13H2,1-3H3,(H,22,25)(H,23,27)(H,28,29);4,9-10,12,14-15H,3,5-8,11H2,1-2H3;1-2H3/b10-8-;;. The Labute approximate surface area is 295 Å². The van der Waals surface area contributed by atoms with E-state index in [-0.39, 0.29) is 30.3 Å². The number of unbranched alkanes of at least 4 members (excludes halogenated alkanes) is 3. The first-order chi connectivity index (χ1) is 23.1. The highest BCUT2D eigenvalue weighted by molar-refractivity contribution is 8.01. The zero-order valence-corrected chi connectivity index (χ0v) is 31.5. The smallest absolute Gasteiger partial charge is 0.326 e. The molecule has 1 heterocycles. The Bertz CT molecular complexity index is 1050. The summed E-state index contributed by atoms with van der Waals surface area (Å²) in [5, 5.41) is 18.0. The molecule has 5 unspecified atom stereocenters.